The highest BCUT2D eigenvalue weighted by atomic mass is 32.1. The molecule has 0 saturated carbocycles. The molecule has 1 aromatic rings. The lowest BCUT2D eigenvalue weighted by atomic mass is 10.1. The Kier molecular flexibility index (Phi) is 4.62. The molecule has 2 saturated heterocycles. The van der Waals surface area contributed by atoms with Gasteiger partial charge in [-0.05, 0) is 62.2 Å². The van der Waals surface area contributed by atoms with Gasteiger partial charge in [0.1, 0.15) is 6.17 Å². The van der Waals surface area contributed by atoms with Gasteiger partial charge in [-0.1, -0.05) is 6.42 Å². The summed E-state index contributed by atoms with van der Waals surface area (Å²) in [5, 5.41) is 7.66. The number of likely N-dealkylation sites (tertiary alicyclic amines) is 1. The summed E-state index contributed by atoms with van der Waals surface area (Å²) < 4.78 is 0. The number of rotatable bonds is 4. The maximum atomic E-state index is 12.5. The van der Waals surface area contributed by atoms with Crippen molar-refractivity contribution in [2.45, 2.75) is 51.4 Å². The SMILES string of the molecule is CC1NC(c2ccsc2)N(C(C)CN2CCCCC2)C1=O. The molecule has 2 aliphatic heterocycles. The van der Waals surface area contributed by atoms with Crippen molar-refractivity contribution in [2.24, 2.45) is 0 Å². The van der Waals surface area contributed by atoms with Crippen LogP contribution in [-0.4, -0.2) is 47.4 Å². The fourth-order valence-corrected chi connectivity index (χ4v) is 4.18. The number of thiophene rings is 1. The van der Waals surface area contributed by atoms with E-state index in [2.05, 4.69) is 38.9 Å². The first-order valence-electron chi connectivity index (χ1n) is 7.99. The molecule has 0 aliphatic carbocycles. The van der Waals surface area contributed by atoms with E-state index in [-0.39, 0.29) is 24.2 Å². The van der Waals surface area contributed by atoms with E-state index in [1.54, 1.807) is 11.3 Å². The van der Waals surface area contributed by atoms with Gasteiger partial charge in [-0.2, -0.15) is 11.3 Å². The first-order valence-corrected chi connectivity index (χ1v) is 8.94. The zero-order valence-corrected chi connectivity index (χ0v) is 13.7. The quantitative estimate of drug-likeness (QED) is 0.928. The Bertz CT molecular complexity index is 470. The highest BCUT2D eigenvalue weighted by Crippen LogP contribution is 2.29. The van der Waals surface area contributed by atoms with Gasteiger partial charge >= 0.3 is 0 Å². The summed E-state index contributed by atoms with van der Waals surface area (Å²) in [5.74, 6) is 0.232. The Morgan fingerprint density at radius 1 is 1.38 bits per heavy atom. The molecule has 21 heavy (non-hydrogen) atoms. The maximum Gasteiger partial charge on any atom is 0.241 e. The van der Waals surface area contributed by atoms with Crippen molar-refractivity contribution in [3.8, 4) is 0 Å². The summed E-state index contributed by atoms with van der Waals surface area (Å²) >= 11 is 1.69. The van der Waals surface area contributed by atoms with Crippen molar-refractivity contribution in [3.63, 3.8) is 0 Å². The van der Waals surface area contributed by atoms with Gasteiger partial charge in [-0.15, -0.1) is 0 Å². The summed E-state index contributed by atoms with van der Waals surface area (Å²) in [4.78, 5) is 17.1. The number of hydrogen-bond acceptors (Lipinski definition) is 4. The molecule has 1 aromatic heterocycles. The van der Waals surface area contributed by atoms with Crippen LogP contribution in [0.5, 0.6) is 0 Å². The van der Waals surface area contributed by atoms with Crippen LogP contribution in [-0.2, 0) is 4.79 Å². The van der Waals surface area contributed by atoms with Gasteiger partial charge in [-0.25, -0.2) is 0 Å². The standard InChI is InChI=1S/C16H25N3OS/c1-12(10-18-7-4-3-5-8-18)19-15(14-6-9-21-11-14)17-13(2)16(19)20/h6,9,11-13,15,17H,3-5,7-8,10H2,1-2H3. The molecule has 116 valence electrons. The van der Waals surface area contributed by atoms with Gasteiger partial charge < -0.3 is 9.80 Å². The van der Waals surface area contributed by atoms with Crippen molar-refractivity contribution < 1.29 is 4.79 Å². The van der Waals surface area contributed by atoms with Gasteiger partial charge in [0.2, 0.25) is 5.91 Å². The second-order valence-electron chi connectivity index (χ2n) is 6.30. The van der Waals surface area contributed by atoms with E-state index in [0.717, 1.165) is 6.54 Å². The van der Waals surface area contributed by atoms with E-state index in [9.17, 15) is 4.79 Å². The Labute approximate surface area is 131 Å². The smallest absolute Gasteiger partial charge is 0.241 e. The predicted molar refractivity (Wildman–Crippen MR) is 86.3 cm³/mol. The molecule has 3 heterocycles. The minimum atomic E-state index is -0.0845. The first kappa shape index (κ1) is 15.0. The summed E-state index contributed by atoms with van der Waals surface area (Å²) in [5.41, 5.74) is 1.21. The normalized spacial score (nSPS) is 29.0. The van der Waals surface area contributed by atoms with Crippen molar-refractivity contribution >= 4 is 17.2 Å². The van der Waals surface area contributed by atoms with Crippen LogP contribution in [0.3, 0.4) is 0 Å². The number of amides is 1. The topological polar surface area (TPSA) is 35.6 Å². The van der Waals surface area contributed by atoms with Gasteiger partial charge in [0.25, 0.3) is 0 Å². The summed E-state index contributed by atoms with van der Waals surface area (Å²) in [6.45, 7) is 7.50. The average Bonchev–Trinajstić information content (AvgIpc) is 3.09. The number of nitrogens with zero attached hydrogens (tertiary/aromatic N) is 2. The molecular formula is C16H25N3OS. The molecule has 3 atom stereocenters. The first-order chi connectivity index (χ1) is 10.2. The molecule has 0 radical (unpaired) electrons. The number of nitrogens with one attached hydrogen (secondary N) is 1. The molecule has 3 rings (SSSR count). The van der Waals surface area contributed by atoms with Crippen LogP contribution in [0.1, 0.15) is 44.8 Å². The number of carbonyl (C=O) groups excluding carboxylic acids is 1. The van der Waals surface area contributed by atoms with Crippen molar-refractivity contribution in [1.29, 1.82) is 0 Å². The largest absolute Gasteiger partial charge is 0.318 e. The lowest BCUT2D eigenvalue weighted by molar-refractivity contribution is -0.132. The lowest BCUT2D eigenvalue weighted by Crippen LogP contribution is -2.46. The van der Waals surface area contributed by atoms with Crippen LogP contribution < -0.4 is 5.32 Å². The third kappa shape index (κ3) is 3.15. The molecule has 3 unspecified atom stereocenters. The van der Waals surface area contributed by atoms with Gasteiger partial charge in [0.05, 0.1) is 6.04 Å². The molecule has 0 aromatic carbocycles. The Hall–Kier alpha value is -0.910. The third-order valence-electron chi connectivity index (χ3n) is 4.62. The number of hydrogen-bond donors (Lipinski definition) is 1. The van der Waals surface area contributed by atoms with Crippen molar-refractivity contribution in [1.82, 2.24) is 15.1 Å². The number of carbonyl (C=O) groups is 1. The van der Waals surface area contributed by atoms with Crippen LogP contribution in [0.2, 0.25) is 0 Å². The number of piperidine rings is 1. The van der Waals surface area contributed by atoms with E-state index >= 15 is 0 Å². The predicted octanol–water partition coefficient (Wildman–Crippen LogP) is 2.44. The van der Waals surface area contributed by atoms with Crippen LogP contribution in [0.15, 0.2) is 16.8 Å². The highest BCUT2D eigenvalue weighted by molar-refractivity contribution is 7.07. The summed E-state index contributed by atoms with van der Waals surface area (Å²) in [7, 11) is 0. The van der Waals surface area contributed by atoms with E-state index in [4.69, 9.17) is 0 Å². The second-order valence-corrected chi connectivity index (χ2v) is 7.08. The maximum absolute atomic E-state index is 12.5. The van der Waals surface area contributed by atoms with E-state index in [1.165, 1.54) is 37.9 Å². The second kappa shape index (κ2) is 6.46. The summed E-state index contributed by atoms with van der Waals surface area (Å²) in [6, 6.07) is 2.28. The zero-order chi connectivity index (χ0) is 14.8. The third-order valence-corrected chi connectivity index (χ3v) is 5.32. The molecular weight excluding hydrogens is 282 g/mol. The lowest BCUT2D eigenvalue weighted by Gasteiger charge is -2.35. The Balaban J connectivity index is 1.72. The average molecular weight is 307 g/mol. The minimum Gasteiger partial charge on any atom is -0.318 e. The van der Waals surface area contributed by atoms with Crippen molar-refractivity contribution in [3.05, 3.63) is 22.4 Å². The molecule has 4 nitrogen and oxygen atoms in total. The molecule has 0 bridgehead atoms. The van der Waals surface area contributed by atoms with E-state index < -0.39 is 0 Å². The molecule has 0 spiro atoms. The molecule has 2 aliphatic rings. The van der Waals surface area contributed by atoms with Crippen LogP contribution >= 0.6 is 11.3 Å². The van der Waals surface area contributed by atoms with Crippen LogP contribution in [0, 0.1) is 0 Å². The summed E-state index contributed by atoms with van der Waals surface area (Å²) in [6.07, 6.45) is 3.98. The van der Waals surface area contributed by atoms with Gasteiger partial charge in [-0.3, -0.25) is 10.1 Å². The fraction of sp³-hybridized carbons (Fsp3) is 0.688. The minimum absolute atomic E-state index is 0.0403. The van der Waals surface area contributed by atoms with Crippen molar-refractivity contribution in [2.75, 3.05) is 19.6 Å². The zero-order valence-electron chi connectivity index (χ0n) is 12.9. The monoisotopic (exact) mass is 307 g/mol. The van der Waals surface area contributed by atoms with Crippen LogP contribution in [0.4, 0.5) is 0 Å². The molecule has 2 fully saturated rings. The molecule has 1 amide bonds. The van der Waals surface area contributed by atoms with E-state index in [0.29, 0.717) is 0 Å². The van der Waals surface area contributed by atoms with Crippen LogP contribution in [0.25, 0.3) is 0 Å². The fourth-order valence-electron chi connectivity index (χ4n) is 3.50. The van der Waals surface area contributed by atoms with E-state index in [1.807, 2.05) is 6.92 Å². The molecule has 5 heteroatoms. The Morgan fingerprint density at radius 2 is 2.14 bits per heavy atom. The Morgan fingerprint density at radius 3 is 2.81 bits per heavy atom. The highest BCUT2D eigenvalue weighted by Gasteiger charge is 2.40. The van der Waals surface area contributed by atoms with Gasteiger partial charge in [0.15, 0.2) is 0 Å². The molecule has 1 N–H and O–H groups in total. The van der Waals surface area contributed by atoms with Gasteiger partial charge in [0, 0.05) is 12.6 Å².